The maximum Gasteiger partial charge on any atom is 0.354 e. The van der Waals surface area contributed by atoms with Crippen molar-refractivity contribution < 1.29 is 23.5 Å². The molecule has 5 rings (SSSR count). The number of pyridine rings is 1. The van der Waals surface area contributed by atoms with Gasteiger partial charge in [0.2, 0.25) is 0 Å². The first-order valence-electron chi connectivity index (χ1n) is 12.5. The standard InChI is InChI=1S/C29H28F2N4O3/c1-15(2)19-10-18(11-21-23(28(36)32-3)14-34-26(19)21)35-8-4-5-16-9-20(22(27(30)31)12-25(16)35)17-6-7-24(29(37)38)33-13-17/h6-7,9-15,27,34H,4-5,8H2,1-3H3,(H,32,36)(H,37,38). The molecule has 0 unspecified atom stereocenters. The van der Waals surface area contributed by atoms with Gasteiger partial charge < -0.3 is 20.3 Å². The van der Waals surface area contributed by atoms with Gasteiger partial charge in [0.05, 0.1) is 5.56 Å². The Morgan fingerprint density at radius 1 is 1.13 bits per heavy atom. The van der Waals surface area contributed by atoms with Crippen molar-refractivity contribution in [3.63, 3.8) is 0 Å². The van der Waals surface area contributed by atoms with E-state index in [1.165, 1.54) is 24.4 Å². The first kappa shape index (κ1) is 25.4. The van der Waals surface area contributed by atoms with E-state index < -0.39 is 12.4 Å². The van der Waals surface area contributed by atoms with Crippen LogP contribution in [0, 0.1) is 0 Å². The van der Waals surface area contributed by atoms with E-state index in [0.717, 1.165) is 40.6 Å². The molecule has 196 valence electrons. The lowest BCUT2D eigenvalue weighted by atomic mass is 9.91. The number of fused-ring (bicyclic) bond motifs is 2. The number of alkyl halides is 2. The lowest BCUT2D eigenvalue weighted by molar-refractivity contribution is 0.0690. The molecule has 3 heterocycles. The molecule has 4 aromatic rings. The summed E-state index contributed by atoms with van der Waals surface area (Å²) in [5.41, 5.74) is 5.42. The molecule has 0 aliphatic carbocycles. The van der Waals surface area contributed by atoms with Gasteiger partial charge in [0, 0.05) is 59.4 Å². The van der Waals surface area contributed by atoms with Crippen LogP contribution in [-0.4, -0.2) is 40.5 Å². The second kappa shape index (κ2) is 9.89. The van der Waals surface area contributed by atoms with Crippen molar-refractivity contribution in [1.82, 2.24) is 15.3 Å². The maximum atomic E-state index is 14.4. The second-order valence-corrected chi connectivity index (χ2v) is 9.76. The van der Waals surface area contributed by atoms with Crippen molar-refractivity contribution in [1.29, 1.82) is 0 Å². The fraction of sp³-hybridized carbons (Fsp3) is 0.276. The zero-order chi connectivity index (χ0) is 27.1. The zero-order valence-electron chi connectivity index (χ0n) is 21.3. The van der Waals surface area contributed by atoms with E-state index in [9.17, 15) is 18.4 Å². The minimum Gasteiger partial charge on any atom is -0.477 e. The number of aromatic amines is 1. The third-order valence-electron chi connectivity index (χ3n) is 7.11. The summed E-state index contributed by atoms with van der Waals surface area (Å²) in [7, 11) is 1.59. The smallest absolute Gasteiger partial charge is 0.354 e. The summed E-state index contributed by atoms with van der Waals surface area (Å²) in [6.45, 7) is 4.80. The predicted octanol–water partition coefficient (Wildman–Crippen LogP) is 6.43. The fourth-order valence-corrected chi connectivity index (χ4v) is 5.21. The van der Waals surface area contributed by atoms with Crippen LogP contribution < -0.4 is 10.2 Å². The molecule has 0 radical (unpaired) electrons. The van der Waals surface area contributed by atoms with E-state index >= 15 is 0 Å². The number of carbonyl (C=O) groups excluding carboxylic acids is 1. The van der Waals surface area contributed by atoms with Crippen molar-refractivity contribution in [2.45, 2.75) is 39.0 Å². The molecule has 0 atom stereocenters. The molecule has 0 bridgehead atoms. The summed E-state index contributed by atoms with van der Waals surface area (Å²) in [5, 5.41) is 12.6. The van der Waals surface area contributed by atoms with Crippen LogP contribution in [0.2, 0.25) is 0 Å². The van der Waals surface area contributed by atoms with Gasteiger partial charge in [0.15, 0.2) is 0 Å². The first-order valence-corrected chi connectivity index (χ1v) is 12.5. The molecular weight excluding hydrogens is 490 g/mol. The van der Waals surface area contributed by atoms with Gasteiger partial charge in [-0.15, -0.1) is 0 Å². The molecule has 0 spiro atoms. The van der Waals surface area contributed by atoms with Crippen LogP contribution in [0.1, 0.15) is 70.1 Å². The summed E-state index contributed by atoms with van der Waals surface area (Å²) in [5.74, 6) is -1.21. The topological polar surface area (TPSA) is 98.3 Å². The minimum atomic E-state index is -2.74. The predicted molar refractivity (Wildman–Crippen MR) is 143 cm³/mol. The Bertz CT molecular complexity index is 1540. The number of amides is 1. The average Bonchev–Trinajstić information content (AvgIpc) is 3.34. The highest BCUT2D eigenvalue weighted by molar-refractivity contribution is 6.08. The van der Waals surface area contributed by atoms with Crippen LogP contribution in [0.15, 0.2) is 48.8 Å². The van der Waals surface area contributed by atoms with Crippen molar-refractivity contribution in [3.8, 4) is 11.1 Å². The number of hydrogen-bond donors (Lipinski definition) is 3. The third kappa shape index (κ3) is 4.38. The quantitative estimate of drug-likeness (QED) is 0.273. The molecule has 0 saturated heterocycles. The second-order valence-electron chi connectivity index (χ2n) is 9.76. The number of rotatable bonds is 6. The number of halogens is 2. The molecule has 1 amide bonds. The maximum absolute atomic E-state index is 14.4. The Kier molecular flexibility index (Phi) is 6.60. The van der Waals surface area contributed by atoms with Crippen LogP contribution in [0.25, 0.3) is 22.0 Å². The highest BCUT2D eigenvalue weighted by Crippen LogP contribution is 2.43. The molecule has 1 aliphatic heterocycles. The number of aromatic nitrogens is 2. The van der Waals surface area contributed by atoms with Gasteiger partial charge in [-0.05, 0) is 65.8 Å². The SMILES string of the molecule is CNC(=O)c1c[nH]c2c(C(C)C)cc(N3CCCc4cc(-c5ccc(C(=O)O)nc5)c(C(F)F)cc43)cc12. The van der Waals surface area contributed by atoms with Gasteiger partial charge in [-0.25, -0.2) is 18.6 Å². The summed E-state index contributed by atoms with van der Waals surface area (Å²) >= 11 is 0. The van der Waals surface area contributed by atoms with Gasteiger partial charge in [-0.2, -0.15) is 0 Å². The molecular formula is C29H28F2N4O3. The fourth-order valence-electron chi connectivity index (χ4n) is 5.21. The Morgan fingerprint density at radius 3 is 2.55 bits per heavy atom. The molecule has 1 aliphatic rings. The Hall–Kier alpha value is -4.27. The number of nitrogens with one attached hydrogen (secondary N) is 2. The van der Waals surface area contributed by atoms with Gasteiger partial charge in [-0.1, -0.05) is 19.9 Å². The Morgan fingerprint density at radius 2 is 1.92 bits per heavy atom. The van der Waals surface area contributed by atoms with Gasteiger partial charge >= 0.3 is 5.97 Å². The number of hydrogen-bond acceptors (Lipinski definition) is 4. The minimum absolute atomic E-state index is 0.140. The van der Waals surface area contributed by atoms with Crippen LogP contribution in [-0.2, 0) is 6.42 Å². The van der Waals surface area contributed by atoms with E-state index in [1.54, 1.807) is 19.3 Å². The van der Waals surface area contributed by atoms with Crippen molar-refractivity contribution >= 4 is 34.2 Å². The first-order chi connectivity index (χ1) is 18.2. The van der Waals surface area contributed by atoms with Crippen LogP contribution >= 0.6 is 0 Å². The number of aryl methyl sites for hydroxylation is 1. The number of carboxylic acids is 1. The summed E-state index contributed by atoms with van der Waals surface area (Å²) < 4.78 is 28.7. The Balaban J connectivity index is 1.66. The number of H-pyrrole nitrogens is 1. The molecule has 2 aromatic carbocycles. The molecule has 0 fully saturated rings. The third-order valence-corrected chi connectivity index (χ3v) is 7.11. The number of benzene rings is 2. The summed E-state index contributed by atoms with van der Waals surface area (Å²) in [4.78, 5) is 32.9. The molecule has 7 nitrogen and oxygen atoms in total. The lowest BCUT2D eigenvalue weighted by Crippen LogP contribution is -2.25. The monoisotopic (exact) mass is 518 g/mol. The average molecular weight is 519 g/mol. The number of carboxylic acid groups (broad SMARTS) is 1. The number of anilines is 2. The molecule has 2 aromatic heterocycles. The van der Waals surface area contributed by atoms with Gasteiger partial charge in [0.25, 0.3) is 12.3 Å². The number of carbonyl (C=O) groups is 2. The van der Waals surface area contributed by atoms with E-state index in [4.69, 9.17) is 5.11 Å². The van der Waals surface area contributed by atoms with Crippen LogP contribution in [0.3, 0.4) is 0 Å². The van der Waals surface area contributed by atoms with Gasteiger partial charge in [-0.3, -0.25) is 4.79 Å². The molecule has 3 N–H and O–H groups in total. The van der Waals surface area contributed by atoms with Crippen LogP contribution in [0.4, 0.5) is 20.2 Å². The highest BCUT2D eigenvalue weighted by Gasteiger charge is 2.26. The van der Waals surface area contributed by atoms with E-state index in [-0.39, 0.29) is 23.1 Å². The number of aromatic carboxylic acids is 1. The van der Waals surface area contributed by atoms with Crippen molar-refractivity contribution in [2.75, 3.05) is 18.5 Å². The van der Waals surface area contributed by atoms with Crippen LogP contribution in [0.5, 0.6) is 0 Å². The molecule has 0 saturated carbocycles. The zero-order valence-corrected chi connectivity index (χ0v) is 21.3. The molecule has 38 heavy (non-hydrogen) atoms. The largest absolute Gasteiger partial charge is 0.477 e. The number of nitrogens with zero attached hydrogens (tertiary/aromatic N) is 2. The van der Waals surface area contributed by atoms with E-state index in [2.05, 4.69) is 35.2 Å². The summed E-state index contributed by atoms with van der Waals surface area (Å²) in [6.07, 6.45) is 1.83. The normalized spacial score (nSPS) is 13.3. The summed E-state index contributed by atoms with van der Waals surface area (Å²) in [6, 6.07) is 10.2. The van der Waals surface area contributed by atoms with Crippen molar-refractivity contribution in [3.05, 3.63) is 76.7 Å². The van der Waals surface area contributed by atoms with E-state index in [0.29, 0.717) is 28.9 Å². The molecule has 9 heteroatoms. The van der Waals surface area contributed by atoms with Gasteiger partial charge in [0.1, 0.15) is 5.69 Å². The van der Waals surface area contributed by atoms with Crippen molar-refractivity contribution in [2.24, 2.45) is 0 Å². The Labute approximate surface area is 218 Å². The highest BCUT2D eigenvalue weighted by atomic mass is 19.3. The lowest BCUT2D eigenvalue weighted by Gasteiger charge is -2.33. The van der Waals surface area contributed by atoms with E-state index in [1.807, 2.05) is 11.0 Å².